The molecule has 1 aromatic carbocycles. The van der Waals surface area contributed by atoms with Gasteiger partial charge in [0.1, 0.15) is 11.6 Å². The second kappa shape index (κ2) is 5.62. The van der Waals surface area contributed by atoms with Gasteiger partial charge in [0, 0.05) is 18.2 Å². The number of furan rings is 1. The molecule has 0 radical (unpaired) electrons. The van der Waals surface area contributed by atoms with Crippen molar-refractivity contribution in [2.24, 2.45) is 0 Å². The fourth-order valence-electron chi connectivity index (χ4n) is 1.78. The highest BCUT2D eigenvalue weighted by atomic mass is 19.1. The Labute approximate surface area is 109 Å². The molecular weight excluding hydrogens is 251 g/mol. The van der Waals surface area contributed by atoms with Crippen LogP contribution in [0.2, 0.25) is 0 Å². The second-order valence-electron chi connectivity index (χ2n) is 4.15. The summed E-state index contributed by atoms with van der Waals surface area (Å²) in [5.41, 5.74) is 0.212. The molecule has 0 spiro atoms. The lowest BCUT2D eigenvalue weighted by molar-refractivity contribution is -0.385. The summed E-state index contributed by atoms with van der Waals surface area (Å²) in [6, 6.07) is 6.87. The molecule has 2 rings (SSSR count). The van der Waals surface area contributed by atoms with Crippen molar-refractivity contribution in [2.45, 2.75) is 19.5 Å². The van der Waals surface area contributed by atoms with Crippen molar-refractivity contribution in [3.8, 4) is 0 Å². The highest BCUT2D eigenvalue weighted by molar-refractivity contribution is 5.40. The Bertz CT molecular complexity index is 569. The molecule has 1 heterocycles. The molecule has 1 atom stereocenters. The fourth-order valence-corrected chi connectivity index (χ4v) is 1.78. The summed E-state index contributed by atoms with van der Waals surface area (Å²) < 4.78 is 18.4. The number of halogens is 1. The topological polar surface area (TPSA) is 68.3 Å². The van der Waals surface area contributed by atoms with Crippen molar-refractivity contribution in [3.05, 3.63) is 63.9 Å². The summed E-state index contributed by atoms with van der Waals surface area (Å²) in [4.78, 5) is 10.3. The van der Waals surface area contributed by atoms with Crippen LogP contribution in [0.5, 0.6) is 0 Å². The van der Waals surface area contributed by atoms with Crippen LogP contribution in [0.15, 0.2) is 41.0 Å². The third-order valence-electron chi connectivity index (χ3n) is 2.81. The Morgan fingerprint density at radius 3 is 2.89 bits per heavy atom. The smallest absolute Gasteiger partial charge is 0.274 e. The maximum Gasteiger partial charge on any atom is 0.274 e. The summed E-state index contributed by atoms with van der Waals surface area (Å²) >= 11 is 0. The van der Waals surface area contributed by atoms with Crippen LogP contribution < -0.4 is 5.32 Å². The molecule has 0 saturated carbocycles. The Kier molecular flexibility index (Phi) is 3.91. The Balaban J connectivity index is 2.10. The number of nitro benzene ring substituents is 1. The first kappa shape index (κ1) is 13.2. The Hall–Kier alpha value is -2.21. The molecule has 1 aromatic heterocycles. The van der Waals surface area contributed by atoms with E-state index in [1.807, 2.05) is 6.92 Å². The normalized spacial score (nSPS) is 12.3. The number of nitro groups is 1. The van der Waals surface area contributed by atoms with Gasteiger partial charge in [-0.2, -0.15) is 0 Å². The van der Waals surface area contributed by atoms with E-state index in [0.717, 1.165) is 11.8 Å². The summed E-state index contributed by atoms with van der Waals surface area (Å²) in [5, 5.41) is 13.9. The number of rotatable bonds is 5. The average Bonchev–Trinajstić information content (AvgIpc) is 2.89. The minimum absolute atomic E-state index is 0.0967. The predicted octanol–water partition coefficient (Wildman–Crippen LogP) is 3.18. The van der Waals surface area contributed by atoms with Crippen LogP contribution in [-0.4, -0.2) is 4.92 Å². The van der Waals surface area contributed by atoms with Crippen molar-refractivity contribution in [2.75, 3.05) is 0 Å². The summed E-state index contributed by atoms with van der Waals surface area (Å²) in [7, 11) is 0. The van der Waals surface area contributed by atoms with E-state index >= 15 is 0 Å². The van der Waals surface area contributed by atoms with E-state index in [9.17, 15) is 14.5 Å². The summed E-state index contributed by atoms with van der Waals surface area (Å²) in [6.07, 6.45) is 1.55. The van der Waals surface area contributed by atoms with Crippen molar-refractivity contribution in [1.29, 1.82) is 0 Å². The lowest BCUT2D eigenvalue weighted by Crippen LogP contribution is -2.18. The lowest BCUT2D eigenvalue weighted by atomic mass is 10.1. The van der Waals surface area contributed by atoms with Crippen LogP contribution in [0, 0.1) is 15.9 Å². The molecule has 0 bridgehead atoms. The Morgan fingerprint density at radius 2 is 2.26 bits per heavy atom. The zero-order chi connectivity index (χ0) is 13.8. The average molecular weight is 264 g/mol. The van der Waals surface area contributed by atoms with Crippen molar-refractivity contribution >= 4 is 5.69 Å². The maximum absolute atomic E-state index is 13.1. The lowest BCUT2D eigenvalue weighted by Gasteiger charge is -2.11. The molecule has 0 saturated heterocycles. The minimum Gasteiger partial charge on any atom is -0.468 e. The quantitative estimate of drug-likeness (QED) is 0.665. The van der Waals surface area contributed by atoms with Gasteiger partial charge in [0.2, 0.25) is 0 Å². The van der Waals surface area contributed by atoms with Gasteiger partial charge in [0.15, 0.2) is 0 Å². The monoisotopic (exact) mass is 264 g/mol. The first-order valence-corrected chi connectivity index (χ1v) is 5.77. The maximum atomic E-state index is 13.1. The molecule has 2 aromatic rings. The second-order valence-corrected chi connectivity index (χ2v) is 4.15. The highest BCUT2D eigenvalue weighted by Crippen LogP contribution is 2.21. The standard InChI is InChI=1S/C13H13FN2O3/c1-9(13-3-2-6-19-13)15-8-10-7-11(14)4-5-12(10)16(17)18/h2-7,9,15H,8H2,1H3/t9-/m1/s1. The molecule has 0 aliphatic heterocycles. The van der Waals surface area contributed by atoms with E-state index in [0.29, 0.717) is 5.56 Å². The molecule has 1 N–H and O–H groups in total. The molecular formula is C13H13FN2O3. The van der Waals surface area contributed by atoms with Gasteiger partial charge in [0.05, 0.1) is 17.2 Å². The van der Waals surface area contributed by atoms with Gasteiger partial charge in [-0.25, -0.2) is 4.39 Å². The van der Waals surface area contributed by atoms with E-state index in [1.165, 1.54) is 12.1 Å². The van der Waals surface area contributed by atoms with Crippen LogP contribution in [0.25, 0.3) is 0 Å². The molecule has 0 aliphatic carbocycles. The molecule has 19 heavy (non-hydrogen) atoms. The van der Waals surface area contributed by atoms with E-state index < -0.39 is 10.7 Å². The molecule has 5 nitrogen and oxygen atoms in total. The molecule has 0 aliphatic rings. The van der Waals surface area contributed by atoms with E-state index in [1.54, 1.807) is 18.4 Å². The zero-order valence-corrected chi connectivity index (χ0v) is 10.3. The van der Waals surface area contributed by atoms with Crippen molar-refractivity contribution in [3.63, 3.8) is 0 Å². The van der Waals surface area contributed by atoms with Gasteiger partial charge in [0.25, 0.3) is 5.69 Å². The van der Waals surface area contributed by atoms with Crippen molar-refractivity contribution < 1.29 is 13.7 Å². The number of hydrogen-bond acceptors (Lipinski definition) is 4. The zero-order valence-electron chi connectivity index (χ0n) is 10.3. The van der Waals surface area contributed by atoms with Crippen LogP contribution in [0.1, 0.15) is 24.3 Å². The van der Waals surface area contributed by atoms with Crippen molar-refractivity contribution in [1.82, 2.24) is 5.32 Å². The van der Waals surface area contributed by atoms with Crippen LogP contribution in [0.4, 0.5) is 10.1 Å². The highest BCUT2D eigenvalue weighted by Gasteiger charge is 2.15. The molecule has 0 amide bonds. The van der Waals surface area contributed by atoms with Crippen LogP contribution in [-0.2, 0) is 6.54 Å². The number of nitrogens with one attached hydrogen (secondary N) is 1. The van der Waals surface area contributed by atoms with Crippen LogP contribution in [0.3, 0.4) is 0 Å². The van der Waals surface area contributed by atoms with Gasteiger partial charge in [-0.3, -0.25) is 10.1 Å². The first-order chi connectivity index (χ1) is 9.08. The SMILES string of the molecule is C[C@@H](NCc1cc(F)ccc1[N+](=O)[O-])c1ccco1. The predicted molar refractivity (Wildman–Crippen MR) is 67.0 cm³/mol. The first-order valence-electron chi connectivity index (χ1n) is 5.77. The van der Waals surface area contributed by atoms with Gasteiger partial charge in [-0.05, 0) is 31.2 Å². The Morgan fingerprint density at radius 1 is 1.47 bits per heavy atom. The molecule has 0 unspecified atom stereocenters. The van der Waals surface area contributed by atoms with Gasteiger partial charge in [-0.15, -0.1) is 0 Å². The van der Waals surface area contributed by atoms with E-state index in [4.69, 9.17) is 4.42 Å². The van der Waals surface area contributed by atoms with E-state index in [-0.39, 0.29) is 18.3 Å². The number of hydrogen-bond donors (Lipinski definition) is 1. The molecule has 0 fully saturated rings. The van der Waals surface area contributed by atoms with Gasteiger partial charge < -0.3 is 9.73 Å². The third-order valence-corrected chi connectivity index (χ3v) is 2.81. The number of nitrogens with zero attached hydrogens (tertiary/aromatic N) is 1. The van der Waals surface area contributed by atoms with Gasteiger partial charge >= 0.3 is 0 Å². The number of benzene rings is 1. The molecule has 6 heteroatoms. The van der Waals surface area contributed by atoms with Crippen LogP contribution >= 0.6 is 0 Å². The molecule has 100 valence electrons. The van der Waals surface area contributed by atoms with Gasteiger partial charge in [-0.1, -0.05) is 0 Å². The largest absolute Gasteiger partial charge is 0.468 e. The minimum atomic E-state index is -0.520. The summed E-state index contributed by atoms with van der Waals surface area (Å²) in [6.45, 7) is 2.06. The fraction of sp³-hybridized carbons (Fsp3) is 0.231. The van der Waals surface area contributed by atoms with E-state index in [2.05, 4.69) is 5.32 Å². The third kappa shape index (κ3) is 3.17. The summed E-state index contributed by atoms with van der Waals surface area (Å²) in [5.74, 6) is 0.229.